The van der Waals surface area contributed by atoms with Crippen molar-refractivity contribution in [2.24, 2.45) is 5.92 Å². The fourth-order valence-electron chi connectivity index (χ4n) is 3.32. The van der Waals surface area contributed by atoms with Gasteiger partial charge in [-0.15, -0.1) is 0 Å². The molecule has 0 spiro atoms. The number of methoxy groups -OCH3 is 2. The topological polar surface area (TPSA) is 76.7 Å². The number of sulfonamides is 1. The Kier molecular flexibility index (Phi) is 5.72. The Morgan fingerprint density at radius 3 is 2.69 bits per heavy atom. The van der Waals surface area contributed by atoms with Crippen LogP contribution in [0.15, 0.2) is 40.1 Å². The zero-order valence-electron chi connectivity index (χ0n) is 14.4. The average molecular weight is 419 g/mol. The summed E-state index contributed by atoms with van der Waals surface area (Å²) in [4.78, 5) is -0.120. The molecule has 0 aromatic heterocycles. The lowest BCUT2D eigenvalue weighted by Gasteiger charge is -2.26. The fourth-order valence-corrected chi connectivity index (χ4v) is 5.29. The van der Waals surface area contributed by atoms with Gasteiger partial charge in [-0.25, -0.2) is 8.42 Å². The first-order valence-corrected chi connectivity index (χ1v) is 10.3. The van der Waals surface area contributed by atoms with E-state index >= 15 is 0 Å². The van der Waals surface area contributed by atoms with Gasteiger partial charge in [-0.05, 0) is 37.6 Å². The molecule has 2 N–H and O–H groups in total. The summed E-state index contributed by atoms with van der Waals surface area (Å²) in [6.07, 6.45) is 3.57. The summed E-state index contributed by atoms with van der Waals surface area (Å²) in [7, 11) is -1.08. The van der Waals surface area contributed by atoms with Crippen LogP contribution in [0.2, 0.25) is 10.0 Å². The van der Waals surface area contributed by atoms with Crippen LogP contribution in [0.3, 0.4) is 0 Å². The van der Waals surface area contributed by atoms with E-state index in [0.717, 1.165) is 25.9 Å². The van der Waals surface area contributed by atoms with Crippen LogP contribution in [0.1, 0.15) is 12.8 Å². The van der Waals surface area contributed by atoms with Crippen molar-refractivity contribution in [2.75, 3.05) is 27.3 Å². The third-order valence-electron chi connectivity index (χ3n) is 4.44. The van der Waals surface area contributed by atoms with E-state index in [4.69, 9.17) is 32.7 Å². The van der Waals surface area contributed by atoms with Gasteiger partial charge < -0.3 is 14.8 Å². The molecule has 2 bridgehead atoms. The third kappa shape index (κ3) is 3.81. The van der Waals surface area contributed by atoms with E-state index in [1.165, 1.54) is 24.8 Å². The van der Waals surface area contributed by atoms with Crippen LogP contribution in [0.4, 0.5) is 0 Å². The second kappa shape index (κ2) is 7.68. The number of halogens is 2. The lowest BCUT2D eigenvalue weighted by molar-refractivity contribution is 0.232. The SMILES string of the molecule is COC1=C(NS(=O)(=O)c2cc(Cl)cc(Cl)c2OC)C=C2CCNCC1C2. The van der Waals surface area contributed by atoms with Gasteiger partial charge in [0.1, 0.15) is 10.7 Å². The van der Waals surface area contributed by atoms with E-state index < -0.39 is 10.0 Å². The third-order valence-corrected chi connectivity index (χ3v) is 6.31. The van der Waals surface area contributed by atoms with Gasteiger partial charge in [0.2, 0.25) is 0 Å². The monoisotopic (exact) mass is 418 g/mol. The maximum Gasteiger partial charge on any atom is 0.265 e. The summed E-state index contributed by atoms with van der Waals surface area (Å²) in [5.41, 5.74) is 1.61. The van der Waals surface area contributed by atoms with Crippen molar-refractivity contribution in [2.45, 2.75) is 17.7 Å². The number of hydrogen-bond donors (Lipinski definition) is 2. The van der Waals surface area contributed by atoms with Crippen LogP contribution in [-0.4, -0.2) is 35.7 Å². The molecule has 0 amide bonds. The highest BCUT2D eigenvalue weighted by atomic mass is 35.5. The van der Waals surface area contributed by atoms with Gasteiger partial charge in [0.15, 0.2) is 5.75 Å². The van der Waals surface area contributed by atoms with Crippen molar-refractivity contribution in [3.8, 4) is 5.75 Å². The molecule has 9 heteroatoms. The number of nitrogens with one attached hydrogen (secondary N) is 2. The molecule has 1 unspecified atom stereocenters. The molecule has 26 heavy (non-hydrogen) atoms. The second-order valence-corrected chi connectivity index (χ2v) is 8.66. The zero-order chi connectivity index (χ0) is 18.9. The zero-order valence-corrected chi connectivity index (χ0v) is 16.8. The molecule has 1 heterocycles. The van der Waals surface area contributed by atoms with E-state index in [1.807, 2.05) is 6.08 Å². The number of allylic oxidation sites excluding steroid dienone is 1. The molecule has 1 aliphatic carbocycles. The van der Waals surface area contributed by atoms with Gasteiger partial charge in [-0.2, -0.15) is 0 Å². The maximum atomic E-state index is 13.0. The number of ether oxygens (including phenoxy) is 2. The quantitative estimate of drug-likeness (QED) is 0.767. The maximum absolute atomic E-state index is 13.0. The molecule has 0 saturated carbocycles. The predicted octanol–water partition coefficient (Wildman–Crippen LogP) is 3.08. The molecule has 1 aromatic rings. The van der Waals surface area contributed by atoms with Gasteiger partial charge in [-0.1, -0.05) is 28.8 Å². The smallest absolute Gasteiger partial charge is 0.265 e. The Morgan fingerprint density at radius 1 is 1.23 bits per heavy atom. The van der Waals surface area contributed by atoms with E-state index in [2.05, 4.69) is 10.0 Å². The lowest BCUT2D eigenvalue weighted by atomic mass is 9.91. The molecule has 2 aliphatic rings. The Morgan fingerprint density at radius 2 is 2.00 bits per heavy atom. The van der Waals surface area contributed by atoms with E-state index in [1.54, 1.807) is 7.11 Å². The van der Waals surface area contributed by atoms with E-state index in [0.29, 0.717) is 11.5 Å². The van der Waals surface area contributed by atoms with Crippen molar-refractivity contribution in [1.82, 2.24) is 10.0 Å². The Bertz CT molecular complexity index is 881. The van der Waals surface area contributed by atoms with Gasteiger partial charge in [0, 0.05) is 17.5 Å². The Hall–Kier alpha value is -1.41. The molecule has 3 rings (SSSR count). The minimum Gasteiger partial charge on any atom is -0.499 e. The van der Waals surface area contributed by atoms with Crippen molar-refractivity contribution in [3.63, 3.8) is 0 Å². The van der Waals surface area contributed by atoms with Crippen LogP contribution < -0.4 is 14.8 Å². The molecular formula is C17H20Cl2N2O4S. The molecular weight excluding hydrogens is 399 g/mol. The van der Waals surface area contributed by atoms with Gasteiger partial charge in [0.25, 0.3) is 10.0 Å². The highest BCUT2D eigenvalue weighted by Gasteiger charge is 2.30. The standard InChI is InChI=1S/C17H20Cl2N2O4S/c1-24-16-11-5-10(3-4-20-9-11)6-14(16)21-26(22,23)15-8-12(18)7-13(19)17(15)25-2/h6-8,11,20-21H,3-5,9H2,1-2H3. The summed E-state index contributed by atoms with van der Waals surface area (Å²) in [6, 6.07) is 2.75. The number of rotatable bonds is 5. The summed E-state index contributed by atoms with van der Waals surface area (Å²) in [6.45, 7) is 1.59. The summed E-state index contributed by atoms with van der Waals surface area (Å²) in [5, 5.41) is 3.68. The Balaban J connectivity index is 2.04. The van der Waals surface area contributed by atoms with Crippen LogP contribution in [-0.2, 0) is 14.8 Å². The minimum absolute atomic E-state index is 0.0469. The number of fused-ring (bicyclic) bond motifs is 2. The van der Waals surface area contributed by atoms with Gasteiger partial charge in [-0.3, -0.25) is 4.72 Å². The lowest BCUT2D eigenvalue weighted by Crippen LogP contribution is -2.30. The number of hydrogen-bond acceptors (Lipinski definition) is 5. The molecule has 1 saturated heterocycles. The van der Waals surface area contributed by atoms with Crippen LogP contribution in [0, 0.1) is 5.92 Å². The predicted molar refractivity (Wildman–Crippen MR) is 101 cm³/mol. The van der Waals surface area contributed by atoms with Crippen LogP contribution in [0.5, 0.6) is 5.75 Å². The Labute approximate surface area is 163 Å². The first kappa shape index (κ1) is 19.4. The van der Waals surface area contributed by atoms with Crippen molar-refractivity contribution < 1.29 is 17.9 Å². The molecule has 1 aliphatic heterocycles. The average Bonchev–Trinajstić information content (AvgIpc) is 2.76. The summed E-state index contributed by atoms with van der Waals surface area (Å²) >= 11 is 12.1. The molecule has 142 valence electrons. The highest BCUT2D eigenvalue weighted by Crippen LogP contribution is 2.37. The first-order valence-electron chi connectivity index (χ1n) is 8.10. The normalized spacial score (nSPS) is 20.3. The second-order valence-electron chi connectivity index (χ2n) is 6.16. The molecule has 6 nitrogen and oxygen atoms in total. The van der Waals surface area contributed by atoms with Crippen molar-refractivity contribution >= 4 is 33.2 Å². The van der Waals surface area contributed by atoms with Crippen LogP contribution >= 0.6 is 23.2 Å². The van der Waals surface area contributed by atoms with E-state index in [9.17, 15) is 8.42 Å². The highest BCUT2D eigenvalue weighted by molar-refractivity contribution is 7.89. The van der Waals surface area contributed by atoms with Gasteiger partial charge in [0.05, 0.1) is 24.9 Å². The first-order chi connectivity index (χ1) is 12.4. The van der Waals surface area contributed by atoms with Gasteiger partial charge >= 0.3 is 0 Å². The minimum atomic E-state index is -3.98. The van der Waals surface area contributed by atoms with Crippen LogP contribution in [0.25, 0.3) is 0 Å². The molecule has 1 atom stereocenters. The summed E-state index contributed by atoms with van der Waals surface area (Å²) < 4.78 is 39.3. The van der Waals surface area contributed by atoms with Crippen molar-refractivity contribution in [1.29, 1.82) is 0 Å². The molecule has 0 radical (unpaired) electrons. The molecule has 1 aromatic carbocycles. The molecule has 1 fully saturated rings. The summed E-state index contributed by atoms with van der Waals surface area (Å²) in [5.74, 6) is 0.745. The fraction of sp³-hybridized carbons (Fsp3) is 0.412. The van der Waals surface area contributed by atoms with E-state index in [-0.39, 0.29) is 26.6 Å². The van der Waals surface area contributed by atoms with Crippen molar-refractivity contribution in [3.05, 3.63) is 45.3 Å². The number of benzene rings is 1. The largest absolute Gasteiger partial charge is 0.499 e.